The van der Waals surface area contributed by atoms with Gasteiger partial charge in [0, 0.05) is 22.8 Å². The van der Waals surface area contributed by atoms with Gasteiger partial charge in [0.15, 0.2) is 17.1 Å². The first-order chi connectivity index (χ1) is 14.4. The summed E-state index contributed by atoms with van der Waals surface area (Å²) in [5, 5.41) is 12.7. The Labute approximate surface area is 189 Å². The molecule has 1 atom stereocenters. The maximum atomic E-state index is 12.3. The highest BCUT2D eigenvalue weighted by Crippen LogP contribution is 2.25. The number of ether oxygens (including phenoxy) is 1. The number of rotatable bonds is 8. The molecule has 6 nitrogen and oxygen atoms in total. The van der Waals surface area contributed by atoms with Gasteiger partial charge in [0.05, 0.1) is 5.75 Å². The molecule has 0 bridgehead atoms. The van der Waals surface area contributed by atoms with E-state index in [1.54, 1.807) is 18.2 Å². The second kappa shape index (κ2) is 10.2. The van der Waals surface area contributed by atoms with Gasteiger partial charge < -0.3 is 14.6 Å². The number of carbonyl (C=O) groups excluding carboxylic acids is 1. The van der Waals surface area contributed by atoms with Gasteiger partial charge in [-0.3, -0.25) is 4.79 Å². The molecule has 0 unspecified atom stereocenters. The van der Waals surface area contributed by atoms with Crippen LogP contribution in [0.15, 0.2) is 47.6 Å². The number of halogens is 2. The van der Waals surface area contributed by atoms with Crippen molar-refractivity contribution in [2.45, 2.75) is 31.5 Å². The first-order valence-corrected chi connectivity index (χ1v) is 11.1. The zero-order valence-corrected chi connectivity index (χ0v) is 19.2. The molecule has 1 aromatic heterocycles. The fourth-order valence-electron chi connectivity index (χ4n) is 2.82. The standard InChI is InChI=1S/C21H22Cl2N4O2S/c1-4-14-5-7-18(8-6-14)29-13(2)20-25-26-21(27(20)3)30-12-19(28)24-17-10-15(22)9-16(23)11-17/h5-11,13H,4,12H2,1-3H3,(H,24,28)/t13-/m1/s1. The molecule has 1 amide bonds. The van der Waals surface area contributed by atoms with Gasteiger partial charge in [-0.2, -0.15) is 0 Å². The number of thioether (sulfide) groups is 1. The molecule has 0 saturated heterocycles. The Bertz CT molecular complexity index is 1000. The smallest absolute Gasteiger partial charge is 0.234 e. The van der Waals surface area contributed by atoms with Crippen molar-refractivity contribution < 1.29 is 9.53 Å². The topological polar surface area (TPSA) is 69.0 Å². The minimum atomic E-state index is -0.285. The third-order valence-corrected chi connectivity index (χ3v) is 5.81. The lowest BCUT2D eigenvalue weighted by molar-refractivity contribution is -0.113. The van der Waals surface area contributed by atoms with E-state index in [-0.39, 0.29) is 17.8 Å². The fourth-order valence-corrected chi connectivity index (χ4v) is 4.06. The van der Waals surface area contributed by atoms with Crippen molar-refractivity contribution >= 4 is 46.6 Å². The van der Waals surface area contributed by atoms with Gasteiger partial charge in [0.25, 0.3) is 0 Å². The molecule has 0 aliphatic heterocycles. The van der Waals surface area contributed by atoms with E-state index in [0.29, 0.717) is 26.7 Å². The van der Waals surface area contributed by atoms with E-state index in [1.165, 1.54) is 17.3 Å². The number of nitrogens with zero attached hydrogens (tertiary/aromatic N) is 3. The molecule has 0 saturated carbocycles. The van der Waals surface area contributed by atoms with Crippen molar-refractivity contribution in [1.29, 1.82) is 0 Å². The van der Waals surface area contributed by atoms with Crippen LogP contribution in [-0.2, 0) is 18.3 Å². The normalized spacial score (nSPS) is 11.9. The number of anilines is 1. The van der Waals surface area contributed by atoms with Crippen molar-refractivity contribution in [1.82, 2.24) is 14.8 Å². The van der Waals surface area contributed by atoms with E-state index in [9.17, 15) is 4.79 Å². The number of carbonyl (C=O) groups is 1. The third kappa shape index (κ3) is 5.90. The summed E-state index contributed by atoms with van der Waals surface area (Å²) < 4.78 is 7.82. The highest BCUT2D eigenvalue weighted by Gasteiger charge is 2.18. The second-order valence-corrected chi connectivity index (χ2v) is 8.47. The molecule has 1 heterocycles. The summed E-state index contributed by atoms with van der Waals surface area (Å²) in [5.74, 6) is 1.43. The molecule has 0 radical (unpaired) electrons. The van der Waals surface area contributed by atoms with Crippen LogP contribution in [0.5, 0.6) is 5.75 Å². The molecule has 30 heavy (non-hydrogen) atoms. The lowest BCUT2D eigenvalue weighted by Crippen LogP contribution is -2.15. The van der Waals surface area contributed by atoms with Crippen LogP contribution in [0.1, 0.15) is 31.3 Å². The maximum Gasteiger partial charge on any atom is 0.234 e. The van der Waals surface area contributed by atoms with E-state index in [0.717, 1.165) is 12.2 Å². The van der Waals surface area contributed by atoms with E-state index in [1.807, 2.05) is 42.8 Å². The Morgan fingerprint density at radius 3 is 2.47 bits per heavy atom. The third-order valence-electron chi connectivity index (χ3n) is 4.36. The zero-order chi connectivity index (χ0) is 21.7. The van der Waals surface area contributed by atoms with Crippen LogP contribution in [0.2, 0.25) is 10.0 Å². The first kappa shape index (κ1) is 22.5. The number of hydrogen-bond acceptors (Lipinski definition) is 5. The van der Waals surface area contributed by atoms with Gasteiger partial charge in [0.1, 0.15) is 5.75 Å². The Balaban J connectivity index is 1.58. The Kier molecular flexibility index (Phi) is 7.64. The molecule has 0 fully saturated rings. The lowest BCUT2D eigenvalue weighted by Gasteiger charge is -2.14. The molecule has 158 valence electrons. The summed E-state index contributed by atoms with van der Waals surface area (Å²) in [5.41, 5.74) is 1.80. The molecular formula is C21H22Cl2N4O2S. The van der Waals surface area contributed by atoms with Crippen LogP contribution in [0.3, 0.4) is 0 Å². The minimum Gasteiger partial charge on any atom is -0.483 e. The monoisotopic (exact) mass is 464 g/mol. The van der Waals surface area contributed by atoms with Crippen LogP contribution in [-0.4, -0.2) is 26.4 Å². The Morgan fingerprint density at radius 2 is 1.83 bits per heavy atom. The SMILES string of the molecule is CCc1ccc(O[C@H](C)c2nnc(SCC(=O)Nc3cc(Cl)cc(Cl)c3)n2C)cc1. The number of aromatic nitrogens is 3. The van der Waals surface area contributed by atoms with Crippen LogP contribution in [0.25, 0.3) is 0 Å². The molecule has 1 N–H and O–H groups in total. The van der Waals surface area contributed by atoms with Crippen molar-refractivity contribution in [3.63, 3.8) is 0 Å². The van der Waals surface area contributed by atoms with Crippen molar-refractivity contribution in [2.75, 3.05) is 11.1 Å². The van der Waals surface area contributed by atoms with Crippen LogP contribution in [0, 0.1) is 0 Å². The summed E-state index contributed by atoms with van der Waals surface area (Å²) in [7, 11) is 1.85. The zero-order valence-electron chi connectivity index (χ0n) is 16.9. The van der Waals surface area contributed by atoms with Crippen LogP contribution in [0.4, 0.5) is 5.69 Å². The van der Waals surface area contributed by atoms with Gasteiger partial charge in [-0.25, -0.2) is 0 Å². The van der Waals surface area contributed by atoms with Crippen molar-refractivity contribution in [3.8, 4) is 5.75 Å². The highest BCUT2D eigenvalue weighted by atomic mass is 35.5. The summed E-state index contributed by atoms with van der Waals surface area (Å²) in [6.07, 6.45) is 0.698. The summed E-state index contributed by atoms with van der Waals surface area (Å²) in [4.78, 5) is 12.3. The summed E-state index contributed by atoms with van der Waals surface area (Å²) >= 11 is 13.2. The molecule has 0 spiro atoms. The molecule has 9 heteroatoms. The van der Waals surface area contributed by atoms with Crippen LogP contribution >= 0.6 is 35.0 Å². The maximum absolute atomic E-state index is 12.3. The van der Waals surface area contributed by atoms with Gasteiger partial charge in [0.2, 0.25) is 5.91 Å². The molecule has 2 aromatic carbocycles. The van der Waals surface area contributed by atoms with Gasteiger partial charge in [-0.1, -0.05) is 54.0 Å². The lowest BCUT2D eigenvalue weighted by atomic mass is 10.2. The quantitative estimate of drug-likeness (QED) is 0.442. The number of amides is 1. The summed E-state index contributed by atoms with van der Waals surface area (Å²) in [6.45, 7) is 4.03. The van der Waals surface area contributed by atoms with Crippen molar-refractivity contribution in [2.24, 2.45) is 7.05 Å². The first-order valence-electron chi connectivity index (χ1n) is 9.39. The van der Waals surface area contributed by atoms with Gasteiger partial charge in [-0.05, 0) is 49.2 Å². The fraction of sp³-hybridized carbons (Fsp3) is 0.286. The second-order valence-electron chi connectivity index (χ2n) is 6.65. The number of hydrogen-bond donors (Lipinski definition) is 1. The number of nitrogens with one attached hydrogen (secondary N) is 1. The number of benzene rings is 2. The predicted octanol–water partition coefficient (Wildman–Crippen LogP) is 5.56. The molecule has 3 aromatic rings. The van der Waals surface area contributed by atoms with Crippen molar-refractivity contribution in [3.05, 3.63) is 63.9 Å². The average Bonchev–Trinajstić information content (AvgIpc) is 3.06. The summed E-state index contributed by atoms with van der Waals surface area (Å²) in [6, 6.07) is 12.9. The van der Waals surface area contributed by atoms with Gasteiger partial charge in [-0.15, -0.1) is 10.2 Å². The Morgan fingerprint density at radius 1 is 1.17 bits per heavy atom. The van der Waals surface area contributed by atoms with E-state index in [2.05, 4.69) is 22.4 Å². The molecule has 0 aliphatic carbocycles. The molecular weight excluding hydrogens is 443 g/mol. The molecule has 0 aliphatic rings. The molecule has 3 rings (SSSR count). The van der Waals surface area contributed by atoms with Crippen LogP contribution < -0.4 is 10.1 Å². The number of aryl methyl sites for hydroxylation is 1. The van der Waals surface area contributed by atoms with E-state index in [4.69, 9.17) is 27.9 Å². The average molecular weight is 465 g/mol. The largest absolute Gasteiger partial charge is 0.483 e. The predicted molar refractivity (Wildman–Crippen MR) is 122 cm³/mol. The Hall–Kier alpha value is -2.22. The van der Waals surface area contributed by atoms with E-state index >= 15 is 0 Å². The van der Waals surface area contributed by atoms with Gasteiger partial charge >= 0.3 is 0 Å². The van der Waals surface area contributed by atoms with E-state index < -0.39 is 0 Å². The minimum absolute atomic E-state index is 0.170. The highest BCUT2D eigenvalue weighted by molar-refractivity contribution is 7.99.